The molecule has 0 saturated carbocycles. The largest absolute Gasteiger partial charge is 0.439 e. The summed E-state index contributed by atoms with van der Waals surface area (Å²) in [7, 11) is 0. The highest BCUT2D eigenvalue weighted by atomic mass is 16.5. The highest BCUT2D eigenvalue weighted by molar-refractivity contribution is 5.94. The zero-order valence-corrected chi connectivity index (χ0v) is 14.5. The molecule has 1 saturated heterocycles. The van der Waals surface area contributed by atoms with Gasteiger partial charge in [0, 0.05) is 12.6 Å². The average Bonchev–Trinajstić information content (AvgIpc) is 3.09. The molecule has 1 aliphatic heterocycles. The predicted octanol–water partition coefficient (Wildman–Crippen LogP) is 2.94. The number of nitrogens with two attached hydrogens (primary N) is 1. The van der Waals surface area contributed by atoms with E-state index in [4.69, 9.17) is 15.2 Å². The van der Waals surface area contributed by atoms with Crippen molar-refractivity contribution in [2.24, 2.45) is 5.73 Å². The van der Waals surface area contributed by atoms with Gasteiger partial charge in [-0.2, -0.15) is 0 Å². The van der Waals surface area contributed by atoms with Crippen molar-refractivity contribution in [2.75, 3.05) is 11.9 Å². The van der Waals surface area contributed by atoms with Gasteiger partial charge in [0.15, 0.2) is 0 Å². The second-order valence-corrected chi connectivity index (χ2v) is 6.28. The van der Waals surface area contributed by atoms with E-state index in [9.17, 15) is 4.79 Å². The maximum Gasteiger partial charge on any atom is 0.253 e. The Morgan fingerprint density at radius 1 is 1.28 bits per heavy atom. The molecule has 1 amide bonds. The van der Waals surface area contributed by atoms with Crippen molar-refractivity contribution in [1.29, 1.82) is 0 Å². The van der Waals surface area contributed by atoms with Crippen molar-refractivity contribution in [3.8, 4) is 11.6 Å². The minimum absolute atomic E-state index is 0.0254. The zero-order valence-electron chi connectivity index (χ0n) is 14.5. The van der Waals surface area contributed by atoms with E-state index in [1.165, 1.54) is 5.56 Å². The number of ether oxygens (including phenoxy) is 2. The standard InChI is InChI=1S/C19H23N3O3/c1-12-3-5-15(9-13(12)2)25-18-8-4-14(11-21-18)22-19(23)17-7-6-16(10-20)24-17/h3-5,8-9,11,16-17H,6-7,10,20H2,1-2H3,(H,22,23)/t16-,17+/m1/s1. The number of nitrogens with one attached hydrogen (secondary N) is 1. The lowest BCUT2D eigenvalue weighted by Crippen LogP contribution is -2.29. The summed E-state index contributed by atoms with van der Waals surface area (Å²) in [6.45, 7) is 4.53. The van der Waals surface area contributed by atoms with Crippen molar-refractivity contribution in [2.45, 2.75) is 38.9 Å². The van der Waals surface area contributed by atoms with Crippen LogP contribution in [0.25, 0.3) is 0 Å². The smallest absolute Gasteiger partial charge is 0.253 e. The van der Waals surface area contributed by atoms with Crippen LogP contribution in [0, 0.1) is 13.8 Å². The lowest BCUT2D eigenvalue weighted by atomic mass is 10.1. The summed E-state index contributed by atoms with van der Waals surface area (Å²) in [5, 5.41) is 2.81. The van der Waals surface area contributed by atoms with Gasteiger partial charge in [-0.15, -0.1) is 0 Å². The zero-order chi connectivity index (χ0) is 17.8. The number of anilines is 1. The molecule has 0 radical (unpaired) electrons. The van der Waals surface area contributed by atoms with E-state index in [2.05, 4.69) is 17.2 Å². The summed E-state index contributed by atoms with van der Waals surface area (Å²) in [6.07, 6.45) is 2.61. The lowest BCUT2D eigenvalue weighted by molar-refractivity contribution is -0.126. The number of hydrogen-bond acceptors (Lipinski definition) is 5. The van der Waals surface area contributed by atoms with Crippen molar-refractivity contribution in [3.05, 3.63) is 47.7 Å². The molecule has 132 valence electrons. The van der Waals surface area contributed by atoms with E-state index in [0.29, 0.717) is 24.5 Å². The van der Waals surface area contributed by atoms with E-state index in [0.717, 1.165) is 17.7 Å². The van der Waals surface area contributed by atoms with Gasteiger partial charge in [0.2, 0.25) is 5.88 Å². The normalized spacial score (nSPS) is 19.6. The third-order valence-corrected chi connectivity index (χ3v) is 4.37. The molecule has 1 aliphatic rings. The number of aryl methyl sites for hydroxylation is 2. The number of carbonyl (C=O) groups excluding carboxylic acids is 1. The Morgan fingerprint density at radius 2 is 2.12 bits per heavy atom. The second kappa shape index (κ2) is 7.63. The van der Waals surface area contributed by atoms with E-state index in [1.807, 2.05) is 25.1 Å². The van der Waals surface area contributed by atoms with Gasteiger partial charge in [0.05, 0.1) is 18.0 Å². The summed E-state index contributed by atoms with van der Waals surface area (Å²) >= 11 is 0. The minimum atomic E-state index is -0.444. The first-order valence-electron chi connectivity index (χ1n) is 8.42. The molecule has 1 aromatic carbocycles. The average molecular weight is 341 g/mol. The van der Waals surface area contributed by atoms with Gasteiger partial charge < -0.3 is 20.5 Å². The summed E-state index contributed by atoms with van der Waals surface area (Å²) in [5.74, 6) is 1.04. The Labute approximate surface area is 147 Å². The molecule has 2 atom stereocenters. The quantitative estimate of drug-likeness (QED) is 0.873. The van der Waals surface area contributed by atoms with Gasteiger partial charge in [-0.25, -0.2) is 4.98 Å². The van der Waals surface area contributed by atoms with Crippen LogP contribution in [0.4, 0.5) is 5.69 Å². The Kier molecular flexibility index (Phi) is 5.31. The first kappa shape index (κ1) is 17.4. The Hall–Kier alpha value is -2.44. The summed E-state index contributed by atoms with van der Waals surface area (Å²) in [4.78, 5) is 16.4. The number of pyridine rings is 1. The van der Waals surface area contributed by atoms with Gasteiger partial charge in [-0.1, -0.05) is 6.07 Å². The molecule has 2 heterocycles. The molecular weight excluding hydrogens is 318 g/mol. The van der Waals surface area contributed by atoms with Gasteiger partial charge in [-0.3, -0.25) is 4.79 Å². The molecule has 3 N–H and O–H groups in total. The summed E-state index contributed by atoms with van der Waals surface area (Å²) in [6, 6.07) is 9.37. The van der Waals surface area contributed by atoms with Crippen molar-refractivity contribution in [3.63, 3.8) is 0 Å². The predicted molar refractivity (Wildman–Crippen MR) is 95.8 cm³/mol. The molecule has 0 spiro atoms. The molecular formula is C19H23N3O3. The number of carbonyl (C=O) groups is 1. The van der Waals surface area contributed by atoms with Gasteiger partial charge >= 0.3 is 0 Å². The van der Waals surface area contributed by atoms with Crippen LogP contribution >= 0.6 is 0 Å². The fourth-order valence-electron chi connectivity index (χ4n) is 2.71. The molecule has 1 aromatic heterocycles. The van der Waals surface area contributed by atoms with Crippen LogP contribution in [-0.2, 0) is 9.53 Å². The lowest BCUT2D eigenvalue weighted by Gasteiger charge is -2.13. The third kappa shape index (κ3) is 4.35. The fraction of sp³-hybridized carbons (Fsp3) is 0.368. The van der Waals surface area contributed by atoms with Crippen molar-refractivity contribution >= 4 is 11.6 Å². The van der Waals surface area contributed by atoms with Crippen LogP contribution in [0.1, 0.15) is 24.0 Å². The molecule has 0 bridgehead atoms. The van der Waals surface area contributed by atoms with E-state index >= 15 is 0 Å². The molecule has 0 aliphatic carbocycles. The number of aromatic nitrogens is 1. The molecule has 3 rings (SSSR count). The Bertz CT molecular complexity index is 746. The second-order valence-electron chi connectivity index (χ2n) is 6.28. The summed E-state index contributed by atoms with van der Waals surface area (Å²) < 4.78 is 11.3. The van der Waals surface area contributed by atoms with Crippen LogP contribution < -0.4 is 15.8 Å². The first-order chi connectivity index (χ1) is 12.0. The Morgan fingerprint density at radius 3 is 2.76 bits per heavy atom. The number of hydrogen-bond donors (Lipinski definition) is 2. The van der Waals surface area contributed by atoms with E-state index in [1.54, 1.807) is 18.3 Å². The van der Waals surface area contributed by atoms with E-state index in [-0.39, 0.29) is 12.0 Å². The number of benzene rings is 1. The SMILES string of the molecule is Cc1ccc(Oc2ccc(NC(=O)[C@@H]3CC[C@H](CN)O3)cn2)cc1C. The van der Waals surface area contributed by atoms with Crippen molar-refractivity contribution < 1.29 is 14.3 Å². The first-order valence-corrected chi connectivity index (χ1v) is 8.42. The van der Waals surface area contributed by atoms with Gasteiger partial charge in [0.1, 0.15) is 11.9 Å². The Balaban J connectivity index is 1.58. The van der Waals surface area contributed by atoms with Crippen molar-refractivity contribution in [1.82, 2.24) is 4.98 Å². The molecule has 6 heteroatoms. The maximum absolute atomic E-state index is 12.2. The third-order valence-electron chi connectivity index (χ3n) is 4.37. The van der Waals surface area contributed by atoms with Crippen LogP contribution in [0.5, 0.6) is 11.6 Å². The number of amides is 1. The van der Waals surface area contributed by atoms with E-state index < -0.39 is 6.10 Å². The minimum Gasteiger partial charge on any atom is -0.439 e. The van der Waals surface area contributed by atoms with Crippen LogP contribution in [0.3, 0.4) is 0 Å². The topological polar surface area (TPSA) is 86.5 Å². The van der Waals surface area contributed by atoms with Crippen LogP contribution in [0.2, 0.25) is 0 Å². The van der Waals surface area contributed by atoms with Gasteiger partial charge in [0.25, 0.3) is 5.91 Å². The molecule has 1 fully saturated rings. The van der Waals surface area contributed by atoms with Crippen LogP contribution in [0.15, 0.2) is 36.5 Å². The fourth-order valence-corrected chi connectivity index (χ4v) is 2.71. The highest BCUT2D eigenvalue weighted by Gasteiger charge is 2.29. The monoisotopic (exact) mass is 341 g/mol. The molecule has 25 heavy (non-hydrogen) atoms. The highest BCUT2D eigenvalue weighted by Crippen LogP contribution is 2.24. The molecule has 2 aromatic rings. The number of rotatable bonds is 5. The molecule has 0 unspecified atom stereocenters. The van der Waals surface area contributed by atoms with Crippen LogP contribution in [-0.4, -0.2) is 29.6 Å². The summed E-state index contributed by atoms with van der Waals surface area (Å²) in [5.41, 5.74) is 8.55. The number of nitrogens with zero attached hydrogens (tertiary/aromatic N) is 1. The van der Waals surface area contributed by atoms with Gasteiger partial charge in [-0.05, 0) is 56.0 Å². The maximum atomic E-state index is 12.2. The molecule has 6 nitrogen and oxygen atoms in total.